The molecular weight excluding hydrogens is 290 g/mol. The highest BCUT2D eigenvalue weighted by Crippen LogP contribution is 2.28. The van der Waals surface area contributed by atoms with E-state index in [1.807, 2.05) is 0 Å². The van der Waals surface area contributed by atoms with E-state index in [1.165, 1.54) is 18.3 Å². The topological polar surface area (TPSA) is 63.7 Å². The van der Waals surface area contributed by atoms with E-state index >= 15 is 0 Å². The molecule has 0 saturated carbocycles. The van der Waals surface area contributed by atoms with Crippen molar-refractivity contribution in [3.63, 3.8) is 0 Å². The number of nitrogens with zero attached hydrogens (tertiary/aromatic N) is 1. The number of Topliss-reactive ketones (excluding diaryl/α,β-unsaturated/α-hetero) is 1. The van der Waals surface area contributed by atoms with Crippen LogP contribution in [0.2, 0.25) is 0 Å². The molecule has 21 heavy (non-hydrogen) atoms. The van der Waals surface area contributed by atoms with Crippen LogP contribution < -0.4 is 4.74 Å². The zero-order valence-corrected chi connectivity index (χ0v) is 13.2. The standard InChI is InChI=1S/C15H21NO4S/c1-12(17)11-13-5-3-4-10-16(13)21(18,19)15-8-6-14(20-2)7-9-15/h6-9,13H,3-5,10-11H2,1-2H3. The minimum Gasteiger partial charge on any atom is -0.497 e. The fourth-order valence-corrected chi connectivity index (χ4v) is 4.40. The van der Waals surface area contributed by atoms with Crippen LogP contribution in [0, 0.1) is 0 Å². The molecule has 2 rings (SSSR count). The first kappa shape index (κ1) is 16.0. The Bertz CT molecular complexity index is 595. The average molecular weight is 311 g/mol. The van der Waals surface area contributed by atoms with Crippen molar-refractivity contribution in [2.24, 2.45) is 0 Å². The molecular formula is C15H21NO4S. The molecule has 0 bridgehead atoms. The van der Waals surface area contributed by atoms with Gasteiger partial charge in [0, 0.05) is 19.0 Å². The summed E-state index contributed by atoms with van der Waals surface area (Å²) in [4.78, 5) is 11.6. The van der Waals surface area contributed by atoms with Crippen LogP contribution >= 0.6 is 0 Å². The summed E-state index contributed by atoms with van der Waals surface area (Å²) in [7, 11) is -2.02. The third-order valence-electron chi connectivity index (χ3n) is 3.76. The van der Waals surface area contributed by atoms with Crippen LogP contribution in [0.5, 0.6) is 5.75 Å². The number of carbonyl (C=O) groups excluding carboxylic acids is 1. The summed E-state index contributed by atoms with van der Waals surface area (Å²) in [5.41, 5.74) is 0. The number of hydrogen-bond acceptors (Lipinski definition) is 4. The summed E-state index contributed by atoms with van der Waals surface area (Å²) in [5, 5.41) is 0. The van der Waals surface area contributed by atoms with E-state index in [4.69, 9.17) is 4.74 Å². The van der Waals surface area contributed by atoms with Crippen LogP contribution in [-0.4, -0.2) is 38.2 Å². The molecule has 6 heteroatoms. The van der Waals surface area contributed by atoms with Crippen LogP contribution in [0.15, 0.2) is 29.2 Å². The quantitative estimate of drug-likeness (QED) is 0.836. The van der Waals surface area contributed by atoms with E-state index in [0.29, 0.717) is 12.3 Å². The van der Waals surface area contributed by atoms with Gasteiger partial charge in [-0.25, -0.2) is 8.42 Å². The van der Waals surface area contributed by atoms with E-state index in [0.717, 1.165) is 19.3 Å². The van der Waals surface area contributed by atoms with E-state index in [1.54, 1.807) is 24.3 Å². The number of piperidine rings is 1. The first-order valence-corrected chi connectivity index (χ1v) is 8.54. The lowest BCUT2D eigenvalue weighted by molar-refractivity contribution is -0.118. The Kier molecular flexibility index (Phi) is 5.00. The molecule has 1 aliphatic heterocycles. The smallest absolute Gasteiger partial charge is 0.243 e. The highest BCUT2D eigenvalue weighted by Gasteiger charge is 2.33. The maximum Gasteiger partial charge on any atom is 0.243 e. The monoisotopic (exact) mass is 311 g/mol. The predicted octanol–water partition coefficient (Wildman–Crippen LogP) is 2.22. The lowest BCUT2D eigenvalue weighted by atomic mass is 10.0. The van der Waals surface area contributed by atoms with Gasteiger partial charge in [-0.2, -0.15) is 4.31 Å². The van der Waals surface area contributed by atoms with Gasteiger partial charge in [-0.3, -0.25) is 4.79 Å². The Hall–Kier alpha value is -1.40. The minimum atomic E-state index is -3.56. The average Bonchev–Trinajstić information content (AvgIpc) is 2.47. The van der Waals surface area contributed by atoms with Crippen molar-refractivity contribution in [2.45, 2.75) is 43.5 Å². The van der Waals surface area contributed by atoms with Gasteiger partial charge in [0.2, 0.25) is 10.0 Å². The fourth-order valence-electron chi connectivity index (χ4n) is 2.71. The Labute approximate surface area is 126 Å². The molecule has 0 aromatic heterocycles. The Morgan fingerprint density at radius 2 is 1.95 bits per heavy atom. The van der Waals surface area contributed by atoms with Crippen molar-refractivity contribution in [3.05, 3.63) is 24.3 Å². The van der Waals surface area contributed by atoms with Gasteiger partial charge in [0.25, 0.3) is 0 Å². The lowest BCUT2D eigenvalue weighted by Gasteiger charge is -2.34. The summed E-state index contributed by atoms with van der Waals surface area (Å²) in [5.74, 6) is 0.643. The molecule has 1 unspecified atom stereocenters. The number of benzene rings is 1. The summed E-state index contributed by atoms with van der Waals surface area (Å²) in [6.45, 7) is 1.99. The van der Waals surface area contributed by atoms with E-state index in [2.05, 4.69) is 0 Å². The molecule has 1 fully saturated rings. The number of hydrogen-bond donors (Lipinski definition) is 0. The van der Waals surface area contributed by atoms with Gasteiger partial charge < -0.3 is 4.74 Å². The number of sulfonamides is 1. The van der Waals surface area contributed by atoms with E-state index in [9.17, 15) is 13.2 Å². The molecule has 5 nitrogen and oxygen atoms in total. The second kappa shape index (κ2) is 6.58. The zero-order valence-electron chi connectivity index (χ0n) is 12.4. The van der Waals surface area contributed by atoms with Crippen molar-refractivity contribution in [1.29, 1.82) is 0 Å². The van der Waals surface area contributed by atoms with Crippen LogP contribution in [0.3, 0.4) is 0 Å². The maximum absolute atomic E-state index is 12.8. The van der Waals surface area contributed by atoms with Gasteiger partial charge in [0.15, 0.2) is 0 Å². The van der Waals surface area contributed by atoms with Gasteiger partial charge in [0.05, 0.1) is 12.0 Å². The van der Waals surface area contributed by atoms with E-state index in [-0.39, 0.29) is 23.1 Å². The summed E-state index contributed by atoms with van der Waals surface area (Å²) in [6, 6.07) is 6.15. The zero-order chi connectivity index (χ0) is 15.5. The molecule has 0 aliphatic carbocycles. The third-order valence-corrected chi connectivity index (χ3v) is 5.73. The second-order valence-electron chi connectivity index (χ2n) is 5.35. The highest BCUT2D eigenvalue weighted by molar-refractivity contribution is 7.89. The summed E-state index contributed by atoms with van der Waals surface area (Å²) < 4.78 is 32.0. The van der Waals surface area contributed by atoms with Gasteiger partial charge in [-0.05, 0) is 44.0 Å². The number of carbonyl (C=O) groups is 1. The maximum atomic E-state index is 12.8. The van der Waals surface area contributed by atoms with Crippen LogP contribution in [0.25, 0.3) is 0 Å². The van der Waals surface area contributed by atoms with Crippen molar-refractivity contribution in [2.75, 3.05) is 13.7 Å². The molecule has 0 amide bonds. The number of ketones is 1. The molecule has 0 radical (unpaired) electrons. The fraction of sp³-hybridized carbons (Fsp3) is 0.533. The molecule has 0 spiro atoms. The molecule has 1 heterocycles. The first-order chi connectivity index (χ1) is 9.95. The molecule has 1 aromatic rings. The Morgan fingerprint density at radius 1 is 1.29 bits per heavy atom. The SMILES string of the molecule is COc1ccc(S(=O)(=O)N2CCCCC2CC(C)=O)cc1. The molecule has 1 atom stereocenters. The van der Waals surface area contributed by atoms with Gasteiger partial charge in [-0.1, -0.05) is 6.42 Å². The summed E-state index contributed by atoms with van der Waals surface area (Å²) >= 11 is 0. The van der Waals surface area contributed by atoms with E-state index < -0.39 is 10.0 Å². The first-order valence-electron chi connectivity index (χ1n) is 7.10. The van der Waals surface area contributed by atoms with Crippen molar-refractivity contribution < 1.29 is 17.9 Å². The van der Waals surface area contributed by atoms with Crippen molar-refractivity contribution >= 4 is 15.8 Å². The number of ether oxygens (including phenoxy) is 1. The summed E-state index contributed by atoms with van der Waals surface area (Å²) in [6.07, 6.45) is 2.83. The van der Waals surface area contributed by atoms with Crippen LogP contribution in [-0.2, 0) is 14.8 Å². The van der Waals surface area contributed by atoms with Crippen molar-refractivity contribution in [1.82, 2.24) is 4.31 Å². The Balaban J connectivity index is 2.28. The molecule has 1 saturated heterocycles. The predicted molar refractivity (Wildman–Crippen MR) is 79.8 cm³/mol. The van der Waals surface area contributed by atoms with Crippen molar-refractivity contribution in [3.8, 4) is 5.75 Å². The number of methoxy groups -OCH3 is 1. The molecule has 116 valence electrons. The van der Waals surface area contributed by atoms with Gasteiger partial charge in [0.1, 0.15) is 11.5 Å². The minimum absolute atomic E-state index is 0.0248. The van der Waals surface area contributed by atoms with Crippen LogP contribution in [0.4, 0.5) is 0 Å². The lowest BCUT2D eigenvalue weighted by Crippen LogP contribution is -2.44. The Morgan fingerprint density at radius 3 is 2.52 bits per heavy atom. The van der Waals surface area contributed by atoms with Gasteiger partial charge >= 0.3 is 0 Å². The second-order valence-corrected chi connectivity index (χ2v) is 7.24. The van der Waals surface area contributed by atoms with Crippen LogP contribution in [0.1, 0.15) is 32.6 Å². The third kappa shape index (κ3) is 3.63. The molecule has 1 aromatic carbocycles. The molecule has 1 aliphatic rings. The largest absolute Gasteiger partial charge is 0.497 e. The normalized spacial score (nSPS) is 20.2. The van der Waals surface area contributed by atoms with Gasteiger partial charge in [-0.15, -0.1) is 0 Å². The highest BCUT2D eigenvalue weighted by atomic mass is 32.2. The molecule has 0 N–H and O–H groups in total. The number of rotatable bonds is 5.